The second-order valence-electron chi connectivity index (χ2n) is 4.98. The largest absolute Gasteiger partial charge is 0.493 e. The molecule has 3 N–H and O–H groups in total. The zero-order valence-electron chi connectivity index (χ0n) is 13.3. The van der Waals surface area contributed by atoms with Crippen LogP contribution in [0.25, 0.3) is 0 Å². The van der Waals surface area contributed by atoms with E-state index in [1.165, 1.54) is 38.5 Å². The fourth-order valence-electron chi connectivity index (χ4n) is 2.11. The fourth-order valence-corrected chi connectivity index (χ4v) is 2.62. The molecule has 2 rings (SSSR count). The number of primary sulfonamides is 1. The van der Waals surface area contributed by atoms with Gasteiger partial charge >= 0.3 is 0 Å². The Morgan fingerprint density at radius 3 is 2.21 bits per heavy atom. The second-order valence-corrected chi connectivity index (χ2v) is 6.55. The van der Waals surface area contributed by atoms with E-state index in [9.17, 15) is 13.2 Å². The molecule has 0 unspecified atom stereocenters. The lowest BCUT2D eigenvalue weighted by Gasteiger charge is -2.10. The van der Waals surface area contributed by atoms with Gasteiger partial charge in [-0.05, 0) is 42.0 Å². The summed E-state index contributed by atoms with van der Waals surface area (Å²) in [5.41, 5.74) is 1.24. The maximum atomic E-state index is 12.1. The van der Waals surface area contributed by atoms with Gasteiger partial charge in [0.25, 0.3) is 0 Å². The van der Waals surface area contributed by atoms with Crippen molar-refractivity contribution in [2.45, 2.75) is 11.3 Å². The Morgan fingerprint density at radius 1 is 1.04 bits per heavy atom. The van der Waals surface area contributed by atoms with Crippen LogP contribution in [0, 0.1) is 0 Å². The first-order valence-electron chi connectivity index (χ1n) is 6.97. The summed E-state index contributed by atoms with van der Waals surface area (Å²) in [6, 6.07) is 10.8. The van der Waals surface area contributed by atoms with E-state index in [0.717, 1.165) is 5.56 Å². The van der Waals surface area contributed by atoms with Crippen molar-refractivity contribution in [1.29, 1.82) is 0 Å². The Morgan fingerprint density at radius 2 is 1.67 bits per heavy atom. The maximum Gasteiger partial charge on any atom is 0.238 e. The van der Waals surface area contributed by atoms with E-state index >= 15 is 0 Å². The zero-order valence-corrected chi connectivity index (χ0v) is 14.1. The second kappa shape index (κ2) is 7.33. The highest BCUT2D eigenvalue weighted by atomic mass is 32.2. The van der Waals surface area contributed by atoms with E-state index in [0.29, 0.717) is 17.2 Å². The number of nitrogens with two attached hydrogens (primary N) is 1. The van der Waals surface area contributed by atoms with E-state index in [4.69, 9.17) is 14.6 Å². The first kappa shape index (κ1) is 17.8. The predicted molar refractivity (Wildman–Crippen MR) is 89.7 cm³/mol. The van der Waals surface area contributed by atoms with E-state index < -0.39 is 10.0 Å². The van der Waals surface area contributed by atoms with Crippen LogP contribution in [-0.2, 0) is 21.2 Å². The molecule has 0 bridgehead atoms. The maximum absolute atomic E-state index is 12.1. The highest BCUT2D eigenvalue weighted by molar-refractivity contribution is 7.89. The van der Waals surface area contributed by atoms with Gasteiger partial charge in [0.2, 0.25) is 15.9 Å². The average Bonchev–Trinajstić information content (AvgIpc) is 2.54. The van der Waals surface area contributed by atoms with Gasteiger partial charge < -0.3 is 14.8 Å². The van der Waals surface area contributed by atoms with Crippen LogP contribution in [0.3, 0.4) is 0 Å². The Kier molecular flexibility index (Phi) is 5.42. The van der Waals surface area contributed by atoms with Gasteiger partial charge in [-0.15, -0.1) is 0 Å². The van der Waals surface area contributed by atoms with Crippen molar-refractivity contribution in [1.82, 2.24) is 0 Å². The number of ether oxygens (including phenoxy) is 2. The highest BCUT2D eigenvalue weighted by Crippen LogP contribution is 2.27. The van der Waals surface area contributed by atoms with Gasteiger partial charge in [-0.25, -0.2) is 13.6 Å². The number of rotatable bonds is 6. The number of nitrogens with one attached hydrogen (secondary N) is 1. The number of carbonyl (C=O) groups is 1. The van der Waals surface area contributed by atoms with E-state index in [1.54, 1.807) is 18.2 Å². The number of sulfonamides is 1. The normalized spacial score (nSPS) is 11.0. The molecule has 2 aromatic rings. The first-order chi connectivity index (χ1) is 11.3. The van der Waals surface area contributed by atoms with Crippen LogP contribution >= 0.6 is 0 Å². The number of anilines is 1. The van der Waals surface area contributed by atoms with Crippen LogP contribution in [0.1, 0.15) is 5.56 Å². The number of hydrogen-bond donors (Lipinski definition) is 2. The van der Waals surface area contributed by atoms with Crippen molar-refractivity contribution < 1.29 is 22.7 Å². The third-order valence-electron chi connectivity index (χ3n) is 3.28. The van der Waals surface area contributed by atoms with Gasteiger partial charge in [-0.2, -0.15) is 0 Å². The molecule has 24 heavy (non-hydrogen) atoms. The zero-order chi connectivity index (χ0) is 17.7. The minimum absolute atomic E-state index is 0.0135. The Labute approximate surface area is 140 Å². The Balaban J connectivity index is 2.05. The number of methoxy groups -OCH3 is 2. The van der Waals surface area contributed by atoms with E-state index in [2.05, 4.69) is 5.32 Å². The molecular formula is C16H18N2O5S. The summed E-state index contributed by atoms with van der Waals surface area (Å²) in [6.45, 7) is 0. The molecule has 0 radical (unpaired) electrons. The van der Waals surface area contributed by atoms with Crippen molar-refractivity contribution in [2.75, 3.05) is 19.5 Å². The van der Waals surface area contributed by atoms with Crippen LogP contribution in [0.4, 0.5) is 5.69 Å². The van der Waals surface area contributed by atoms with Gasteiger partial charge in [0.15, 0.2) is 11.5 Å². The molecule has 0 aliphatic carbocycles. The molecule has 0 heterocycles. The van der Waals surface area contributed by atoms with Crippen LogP contribution in [-0.4, -0.2) is 28.5 Å². The molecular weight excluding hydrogens is 332 g/mol. The minimum atomic E-state index is -3.75. The SMILES string of the molecule is COc1ccc(CC(=O)Nc2ccc(S(N)(=O)=O)cc2)cc1OC. The van der Waals surface area contributed by atoms with Crippen molar-refractivity contribution in [3.63, 3.8) is 0 Å². The molecule has 0 atom stereocenters. The Hall–Kier alpha value is -2.58. The fraction of sp³-hybridized carbons (Fsp3) is 0.188. The first-order valence-corrected chi connectivity index (χ1v) is 8.51. The number of carbonyl (C=O) groups excluding carboxylic acids is 1. The molecule has 0 fully saturated rings. The quantitative estimate of drug-likeness (QED) is 0.821. The molecule has 0 aliphatic heterocycles. The third-order valence-corrected chi connectivity index (χ3v) is 4.21. The van der Waals surface area contributed by atoms with Crippen LogP contribution in [0.5, 0.6) is 11.5 Å². The van der Waals surface area contributed by atoms with Gasteiger partial charge in [-0.1, -0.05) is 6.07 Å². The molecule has 0 aromatic heterocycles. The summed E-state index contributed by atoms with van der Waals surface area (Å²) in [5, 5.41) is 7.71. The summed E-state index contributed by atoms with van der Waals surface area (Å²) >= 11 is 0. The predicted octanol–water partition coefficient (Wildman–Crippen LogP) is 1.53. The van der Waals surface area contributed by atoms with Crippen molar-refractivity contribution in [3.8, 4) is 11.5 Å². The summed E-state index contributed by atoms with van der Waals surface area (Å²) in [7, 11) is -0.690. The van der Waals surface area contributed by atoms with E-state index in [1.807, 2.05) is 0 Å². The molecule has 128 valence electrons. The molecule has 0 aliphatic rings. The minimum Gasteiger partial charge on any atom is -0.493 e. The number of amides is 1. The van der Waals surface area contributed by atoms with Crippen molar-refractivity contribution in [2.24, 2.45) is 5.14 Å². The summed E-state index contributed by atoms with van der Waals surface area (Å²) in [5.74, 6) is 0.881. The van der Waals surface area contributed by atoms with Gasteiger partial charge in [0.05, 0.1) is 25.5 Å². The number of hydrogen-bond acceptors (Lipinski definition) is 5. The van der Waals surface area contributed by atoms with Crippen LogP contribution < -0.4 is 19.9 Å². The molecule has 0 spiro atoms. The third kappa shape index (κ3) is 4.46. The molecule has 2 aromatic carbocycles. The number of benzene rings is 2. The standard InChI is InChI=1S/C16H18N2O5S/c1-22-14-8-3-11(9-15(14)23-2)10-16(19)18-12-4-6-13(7-5-12)24(17,20)21/h3-9H,10H2,1-2H3,(H,18,19)(H2,17,20,21). The van der Waals surface area contributed by atoms with Crippen LogP contribution in [0.2, 0.25) is 0 Å². The van der Waals surface area contributed by atoms with Crippen LogP contribution in [0.15, 0.2) is 47.4 Å². The summed E-state index contributed by atoms with van der Waals surface area (Å²) in [6.07, 6.45) is 0.136. The lowest BCUT2D eigenvalue weighted by atomic mass is 10.1. The van der Waals surface area contributed by atoms with Crippen molar-refractivity contribution >= 4 is 21.6 Å². The monoisotopic (exact) mass is 350 g/mol. The highest BCUT2D eigenvalue weighted by Gasteiger charge is 2.10. The molecule has 0 saturated carbocycles. The average molecular weight is 350 g/mol. The topological polar surface area (TPSA) is 108 Å². The van der Waals surface area contributed by atoms with E-state index in [-0.39, 0.29) is 17.2 Å². The summed E-state index contributed by atoms with van der Waals surface area (Å²) in [4.78, 5) is 12.1. The molecule has 8 heteroatoms. The van der Waals surface area contributed by atoms with Gasteiger partial charge in [0, 0.05) is 5.69 Å². The van der Waals surface area contributed by atoms with Gasteiger partial charge in [0.1, 0.15) is 0 Å². The smallest absolute Gasteiger partial charge is 0.238 e. The molecule has 0 saturated heterocycles. The molecule has 7 nitrogen and oxygen atoms in total. The van der Waals surface area contributed by atoms with Gasteiger partial charge in [-0.3, -0.25) is 4.79 Å². The Bertz CT molecular complexity index is 832. The summed E-state index contributed by atoms with van der Waals surface area (Å²) < 4.78 is 32.7. The lowest BCUT2D eigenvalue weighted by Crippen LogP contribution is -2.15. The molecule has 1 amide bonds. The lowest BCUT2D eigenvalue weighted by molar-refractivity contribution is -0.115. The van der Waals surface area contributed by atoms with Crippen molar-refractivity contribution in [3.05, 3.63) is 48.0 Å².